The second kappa shape index (κ2) is 7.66. The van der Waals surface area contributed by atoms with Gasteiger partial charge in [0.25, 0.3) is 0 Å². The van der Waals surface area contributed by atoms with E-state index in [0.29, 0.717) is 24.4 Å². The van der Waals surface area contributed by atoms with E-state index < -0.39 is 0 Å². The number of hydrogen-bond acceptors (Lipinski definition) is 3. The highest BCUT2D eigenvalue weighted by Crippen LogP contribution is 2.45. The predicted octanol–water partition coefficient (Wildman–Crippen LogP) is 0.920. The molecule has 0 bridgehead atoms. The minimum atomic E-state index is -0.315. The monoisotopic (exact) mass is 323 g/mol. The summed E-state index contributed by atoms with van der Waals surface area (Å²) in [4.78, 5) is 28.4. The third-order valence-corrected chi connectivity index (χ3v) is 4.67. The smallest absolute Gasteiger partial charge is 0.324 e. The van der Waals surface area contributed by atoms with Crippen molar-refractivity contribution in [1.29, 1.82) is 0 Å². The van der Waals surface area contributed by atoms with Crippen LogP contribution in [-0.2, 0) is 4.79 Å². The van der Waals surface area contributed by atoms with Gasteiger partial charge in [0.05, 0.1) is 6.54 Å². The van der Waals surface area contributed by atoms with Crippen LogP contribution in [-0.4, -0.2) is 56.0 Å². The van der Waals surface area contributed by atoms with E-state index in [9.17, 15) is 9.59 Å². The average Bonchev–Trinajstić information content (AvgIpc) is 2.78. The van der Waals surface area contributed by atoms with E-state index in [2.05, 4.69) is 34.8 Å². The Morgan fingerprint density at radius 1 is 1.35 bits per heavy atom. The van der Waals surface area contributed by atoms with E-state index in [1.54, 1.807) is 7.05 Å². The fourth-order valence-corrected chi connectivity index (χ4v) is 3.46. The quantitative estimate of drug-likeness (QED) is 0.369. The van der Waals surface area contributed by atoms with Crippen molar-refractivity contribution in [2.45, 2.75) is 39.5 Å². The molecular weight excluding hydrogens is 294 g/mol. The standard InChI is InChI=1S/C16H29N5O2/c1-12(2)9-16(5-4-6-16)11-20-14(17-3)18-7-8-21-13(22)10-19-15(21)23/h12H,4-11H2,1-3H3,(H,19,23)(H2,17,18,20). The number of amides is 3. The van der Waals surface area contributed by atoms with Crippen LogP contribution >= 0.6 is 0 Å². The molecule has 1 heterocycles. The molecule has 2 rings (SSSR count). The van der Waals surface area contributed by atoms with E-state index in [1.807, 2.05) is 0 Å². The van der Waals surface area contributed by atoms with Gasteiger partial charge in [-0.3, -0.25) is 14.7 Å². The van der Waals surface area contributed by atoms with Gasteiger partial charge in [-0.1, -0.05) is 20.3 Å². The van der Waals surface area contributed by atoms with Crippen LogP contribution in [0.2, 0.25) is 0 Å². The first-order valence-electron chi connectivity index (χ1n) is 8.48. The Labute approximate surface area is 138 Å². The number of guanidine groups is 1. The maximum absolute atomic E-state index is 11.5. The van der Waals surface area contributed by atoms with E-state index in [4.69, 9.17) is 0 Å². The lowest BCUT2D eigenvalue weighted by Gasteiger charge is -2.43. The van der Waals surface area contributed by atoms with Crippen molar-refractivity contribution in [1.82, 2.24) is 20.9 Å². The molecule has 0 aromatic rings. The molecule has 0 spiro atoms. The summed E-state index contributed by atoms with van der Waals surface area (Å²) >= 11 is 0. The molecule has 2 fully saturated rings. The molecule has 7 nitrogen and oxygen atoms in total. The lowest BCUT2D eigenvalue weighted by atomic mass is 9.64. The molecule has 0 unspecified atom stereocenters. The van der Waals surface area contributed by atoms with Gasteiger partial charge in [-0.15, -0.1) is 0 Å². The van der Waals surface area contributed by atoms with Crippen LogP contribution in [0.15, 0.2) is 4.99 Å². The fourth-order valence-electron chi connectivity index (χ4n) is 3.46. The number of aliphatic imine (C=N–C) groups is 1. The van der Waals surface area contributed by atoms with Crippen LogP contribution in [0.1, 0.15) is 39.5 Å². The molecule has 0 atom stereocenters. The number of imide groups is 1. The Hall–Kier alpha value is -1.79. The van der Waals surface area contributed by atoms with E-state index in [1.165, 1.54) is 30.6 Å². The van der Waals surface area contributed by atoms with Gasteiger partial charge in [0.2, 0.25) is 5.91 Å². The summed E-state index contributed by atoms with van der Waals surface area (Å²) < 4.78 is 0. The number of hydrogen-bond donors (Lipinski definition) is 3. The molecule has 1 aliphatic carbocycles. The third kappa shape index (κ3) is 4.59. The highest BCUT2D eigenvalue weighted by atomic mass is 16.2. The van der Waals surface area contributed by atoms with Gasteiger partial charge >= 0.3 is 6.03 Å². The van der Waals surface area contributed by atoms with Crippen molar-refractivity contribution in [3.05, 3.63) is 0 Å². The Morgan fingerprint density at radius 3 is 2.57 bits per heavy atom. The molecule has 7 heteroatoms. The number of carbonyl (C=O) groups excluding carboxylic acids is 2. The number of nitrogens with one attached hydrogen (secondary N) is 3. The molecule has 2 aliphatic rings. The largest absolute Gasteiger partial charge is 0.356 e. The predicted molar refractivity (Wildman–Crippen MR) is 90.2 cm³/mol. The Balaban J connectivity index is 1.73. The van der Waals surface area contributed by atoms with E-state index in [0.717, 1.165) is 12.5 Å². The summed E-state index contributed by atoms with van der Waals surface area (Å²) in [6, 6.07) is -0.315. The van der Waals surface area contributed by atoms with Gasteiger partial charge in [-0.2, -0.15) is 0 Å². The summed E-state index contributed by atoms with van der Waals surface area (Å²) in [5.41, 5.74) is 0.399. The molecule has 130 valence electrons. The molecule has 1 saturated carbocycles. The Bertz CT molecular complexity index is 455. The lowest BCUT2D eigenvalue weighted by molar-refractivity contribution is -0.124. The number of rotatable bonds is 7. The molecule has 0 aromatic carbocycles. The van der Waals surface area contributed by atoms with E-state index >= 15 is 0 Å². The summed E-state index contributed by atoms with van der Waals surface area (Å²) in [6.45, 7) is 6.41. The summed E-state index contributed by atoms with van der Waals surface area (Å²) in [7, 11) is 1.74. The lowest BCUT2D eigenvalue weighted by Crippen LogP contribution is -2.48. The second-order valence-electron chi connectivity index (χ2n) is 7.01. The van der Waals surface area contributed by atoms with Crippen molar-refractivity contribution in [2.24, 2.45) is 16.3 Å². The first kappa shape index (κ1) is 17.6. The van der Waals surface area contributed by atoms with Gasteiger partial charge in [-0.05, 0) is 30.6 Å². The molecule has 0 aromatic heterocycles. The van der Waals surface area contributed by atoms with Crippen molar-refractivity contribution in [2.75, 3.05) is 33.2 Å². The number of carbonyl (C=O) groups is 2. The van der Waals surface area contributed by atoms with Crippen LogP contribution in [0.4, 0.5) is 4.79 Å². The van der Waals surface area contributed by atoms with Gasteiger partial charge in [0.15, 0.2) is 5.96 Å². The zero-order valence-corrected chi connectivity index (χ0v) is 14.4. The zero-order valence-electron chi connectivity index (χ0n) is 14.4. The zero-order chi connectivity index (χ0) is 16.9. The van der Waals surface area contributed by atoms with E-state index in [-0.39, 0.29) is 18.5 Å². The maximum atomic E-state index is 11.5. The highest BCUT2D eigenvalue weighted by molar-refractivity contribution is 6.01. The van der Waals surface area contributed by atoms with Crippen LogP contribution in [0.3, 0.4) is 0 Å². The molecular formula is C16H29N5O2. The normalized spacial score (nSPS) is 20.5. The fraction of sp³-hybridized carbons (Fsp3) is 0.812. The van der Waals surface area contributed by atoms with Crippen molar-refractivity contribution < 1.29 is 9.59 Å². The van der Waals surface area contributed by atoms with Gasteiger partial charge in [0, 0.05) is 26.7 Å². The topological polar surface area (TPSA) is 85.8 Å². The van der Waals surface area contributed by atoms with Gasteiger partial charge in [0.1, 0.15) is 0 Å². The summed E-state index contributed by atoms with van der Waals surface area (Å²) in [5, 5.41) is 9.09. The summed E-state index contributed by atoms with van der Waals surface area (Å²) in [6.07, 6.45) is 5.10. The molecule has 23 heavy (non-hydrogen) atoms. The molecule has 0 radical (unpaired) electrons. The first-order chi connectivity index (χ1) is 11.0. The van der Waals surface area contributed by atoms with Crippen molar-refractivity contribution in [3.8, 4) is 0 Å². The van der Waals surface area contributed by atoms with Gasteiger partial charge < -0.3 is 16.0 Å². The van der Waals surface area contributed by atoms with Crippen LogP contribution in [0, 0.1) is 11.3 Å². The average molecular weight is 323 g/mol. The SMILES string of the molecule is CN=C(NCCN1C(=O)CNC1=O)NCC1(CC(C)C)CCC1. The minimum Gasteiger partial charge on any atom is -0.356 e. The number of nitrogens with zero attached hydrogens (tertiary/aromatic N) is 2. The Kier molecular flexibility index (Phi) is 5.85. The third-order valence-electron chi connectivity index (χ3n) is 4.67. The molecule has 3 amide bonds. The first-order valence-corrected chi connectivity index (χ1v) is 8.48. The molecule has 1 saturated heterocycles. The number of urea groups is 1. The van der Waals surface area contributed by atoms with Crippen LogP contribution in [0.5, 0.6) is 0 Å². The Morgan fingerprint density at radius 2 is 2.09 bits per heavy atom. The molecule has 1 aliphatic heterocycles. The highest BCUT2D eigenvalue weighted by Gasteiger charge is 2.37. The van der Waals surface area contributed by atoms with Crippen molar-refractivity contribution >= 4 is 17.9 Å². The van der Waals surface area contributed by atoms with Crippen molar-refractivity contribution in [3.63, 3.8) is 0 Å². The molecule has 3 N–H and O–H groups in total. The summed E-state index contributed by atoms with van der Waals surface area (Å²) in [5.74, 6) is 1.25. The maximum Gasteiger partial charge on any atom is 0.324 e. The minimum absolute atomic E-state index is 0.101. The van der Waals surface area contributed by atoms with Crippen LogP contribution < -0.4 is 16.0 Å². The van der Waals surface area contributed by atoms with Gasteiger partial charge in [-0.25, -0.2) is 4.79 Å². The second-order valence-corrected chi connectivity index (χ2v) is 7.01. The van der Waals surface area contributed by atoms with Crippen LogP contribution in [0.25, 0.3) is 0 Å².